The average molecular weight is 316 g/mol. The summed E-state index contributed by atoms with van der Waals surface area (Å²) in [6.07, 6.45) is 2.72. The van der Waals surface area contributed by atoms with Gasteiger partial charge in [-0.1, -0.05) is 12.1 Å². The zero-order chi connectivity index (χ0) is 16.4. The molecule has 23 heavy (non-hydrogen) atoms. The molecule has 2 aliphatic rings. The van der Waals surface area contributed by atoms with Crippen molar-refractivity contribution in [1.82, 2.24) is 9.80 Å². The van der Waals surface area contributed by atoms with Gasteiger partial charge in [0.05, 0.1) is 12.7 Å². The van der Waals surface area contributed by atoms with Gasteiger partial charge in [0.2, 0.25) is 11.8 Å². The largest absolute Gasteiger partial charge is 0.465 e. The maximum absolute atomic E-state index is 12.6. The molecular weight excluding hydrogens is 296 g/mol. The molecule has 0 saturated carbocycles. The quantitative estimate of drug-likeness (QED) is 0.786. The summed E-state index contributed by atoms with van der Waals surface area (Å²) in [5.74, 6) is -0.333. The number of carbonyl (C=O) groups excluding carboxylic acids is 3. The van der Waals surface area contributed by atoms with Gasteiger partial charge in [0, 0.05) is 13.1 Å². The van der Waals surface area contributed by atoms with Crippen LogP contribution >= 0.6 is 0 Å². The minimum atomic E-state index is -0.390. The van der Waals surface area contributed by atoms with Gasteiger partial charge in [-0.25, -0.2) is 4.79 Å². The van der Waals surface area contributed by atoms with Crippen molar-refractivity contribution in [2.75, 3.05) is 20.2 Å². The Morgan fingerprint density at radius 2 is 1.96 bits per heavy atom. The van der Waals surface area contributed by atoms with E-state index in [-0.39, 0.29) is 24.4 Å². The van der Waals surface area contributed by atoms with E-state index in [1.807, 2.05) is 0 Å². The molecule has 3 rings (SSSR count). The van der Waals surface area contributed by atoms with E-state index < -0.39 is 5.97 Å². The maximum atomic E-state index is 12.6. The second-order valence-electron chi connectivity index (χ2n) is 5.98. The lowest BCUT2D eigenvalue weighted by Crippen LogP contribution is -2.60. The molecule has 1 unspecified atom stereocenters. The van der Waals surface area contributed by atoms with Crippen LogP contribution in [0.3, 0.4) is 0 Å². The first-order valence-electron chi connectivity index (χ1n) is 7.85. The Labute approximate surface area is 135 Å². The molecule has 0 spiro atoms. The Balaban J connectivity index is 1.71. The van der Waals surface area contributed by atoms with Crippen LogP contribution in [-0.2, 0) is 20.9 Å². The number of fused-ring (bicyclic) bond motifs is 1. The zero-order valence-corrected chi connectivity index (χ0v) is 13.2. The van der Waals surface area contributed by atoms with Gasteiger partial charge in [0.25, 0.3) is 0 Å². The van der Waals surface area contributed by atoms with Crippen molar-refractivity contribution in [1.29, 1.82) is 0 Å². The number of esters is 1. The van der Waals surface area contributed by atoms with Crippen LogP contribution in [0, 0.1) is 0 Å². The van der Waals surface area contributed by atoms with Gasteiger partial charge >= 0.3 is 5.97 Å². The second-order valence-corrected chi connectivity index (χ2v) is 5.98. The van der Waals surface area contributed by atoms with E-state index in [1.165, 1.54) is 7.11 Å². The van der Waals surface area contributed by atoms with E-state index in [0.717, 1.165) is 24.8 Å². The molecule has 0 aliphatic carbocycles. The summed E-state index contributed by atoms with van der Waals surface area (Å²) in [5, 5.41) is 0. The van der Waals surface area contributed by atoms with Crippen molar-refractivity contribution in [3.63, 3.8) is 0 Å². The normalized spacial score (nSPS) is 21.2. The molecule has 0 N–H and O–H groups in total. The van der Waals surface area contributed by atoms with Crippen LogP contribution in [-0.4, -0.2) is 53.8 Å². The molecular formula is C17H20N2O4. The summed E-state index contributed by atoms with van der Waals surface area (Å²) < 4.78 is 4.66. The number of piperidine rings is 1. The first kappa shape index (κ1) is 15.5. The number of methoxy groups -OCH3 is 1. The summed E-state index contributed by atoms with van der Waals surface area (Å²) in [6.45, 7) is 1.21. The van der Waals surface area contributed by atoms with Crippen molar-refractivity contribution in [2.24, 2.45) is 0 Å². The van der Waals surface area contributed by atoms with Crippen LogP contribution in [0.2, 0.25) is 0 Å². The summed E-state index contributed by atoms with van der Waals surface area (Å²) in [5.41, 5.74) is 1.36. The predicted octanol–water partition coefficient (Wildman–Crippen LogP) is 1.20. The molecule has 1 atom stereocenters. The van der Waals surface area contributed by atoms with Gasteiger partial charge in [0.15, 0.2) is 0 Å². The third-order valence-electron chi connectivity index (χ3n) is 4.49. The smallest absolute Gasteiger partial charge is 0.337 e. The van der Waals surface area contributed by atoms with Crippen LogP contribution in [0.1, 0.15) is 35.2 Å². The van der Waals surface area contributed by atoms with Crippen LogP contribution in [0.4, 0.5) is 0 Å². The molecule has 122 valence electrons. The fourth-order valence-corrected chi connectivity index (χ4v) is 3.25. The van der Waals surface area contributed by atoms with E-state index in [9.17, 15) is 14.4 Å². The molecule has 6 heteroatoms. The number of amides is 2. The number of benzene rings is 1. The zero-order valence-electron chi connectivity index (χ0n) is 13.2. The summed E-state index contributed by atoms with van der Waals surface area (Å²) >= 11 is 0. The highest BCUT2D eigenvalue weighted by atomic mass is 16.5. The second kappa shape index (κ2) is 6.40. The van der Waals surface area contributed by atoms with Crippen molar-refractivity contribution in [3.05, 3.63) is 35.4 Å². The van der Waals surface area contributed by atoms with E-state index in [1.54, 1.807) is 34.1 Å². The van der Waals surface area contributed by atoms with Crippen molar-refractivity contribution in [3.8, 4) is 0 Å². The Morgan fingerprint density at radius 3 is 2.65 bits per heavy atom. The van der Waals surface area contributed by atoms with E-state index in [2.05, 4.69) is 4.74 Å². The highest BCUT2D eigenvalue weighted by molar-refractivity contribution is 5.95. The Hall–Kier alpha value is -2.37. The third-order valence-corrected chi connectivity index (χ3v) is 4.49. The van der Waals surface area contributed by atoms with Crippen LogP contribution in [0.25, 0.3) is 0 Å². The highest BCUT2D eigenvalue weighted by Gasteiger charge is 2.40. The minimum Gasteiger partial charge on any atom is -0.465 e. The van der Waals surface area contributed by atoms with Crippen LogP contribution < -0.4 is 0 Å². The van der Waals surface area contributed by atoms with E-state index >= 15 is 0 Å². The summed E-state index contributed by atoms with van der Waals surface area (Å²) in [6, 6.07) is 6.63. The summed E-state index contributed by atoms with van der Waals surface area (Å²) in [7, 11) is 1.34. The Bertz CT molecular complexity index is 626. The van der Waals surface area contributed by atoms with Crippen molar-refractivity contribution in [2.45, 2.75) is 31.8 Å². The van der Waals surface area contributed by atoms with Gasteiger partial charge in [-0.05, 0) is 37.0 Å². The molecule has 0 aromatic heterocycles. The maximum Gasteiger partial charge on any atom is 0.337 e. The highest BCUT2D eigenvalue weighted by Crippen LogP contribution is 2.24. The van der Waals surface area contributed by atoms with Crippen molar-refractivity contribution < 1.29 is 19.1 Å². The monoisotopic (exact) mass is 316 g/mol. The molecule has 0 bridgehead atoms. The first-order chi connectivity index (χ1) is 11.1. The molecule has 1 aromatic carbocycles. The fraction of sp³-hybridized carbons (Fsp3) is 0.471. The SMILES string of the molecule is COC(=O)c1ccc(CN2CC(=O)N3CCCCC3C2=O)cc1. The Kier molecular flexibility index (Phi) is 4.32. The van der Waals surface area contributed by atoms with Gasteiger partial charge < -0.3 is 14.5 Å². The van der Waals surface area contributed by atoms with E-state index in [4.69, 9.17) is 0 Å². The number of piperazine rings is 1. The lowest BCUT2D eigenvalue weighted by atomic mass is 9.98. The van der Waals surface area contributed by atoms with Gasteiger partial charge in [-0.2, -0.15) is 0 Å². The number of hydrogen-bond acceptors (Lipinski definition) is 4. The third kappa shape index (κ3) is 3.06. The molecule has 1 aromatic rings. The van der Waals surface area contributed by atoms with Gasteiger partial charge in [-0.15, -0.1) is 0 Å². The Morgan fingerprint density at radius 1 is 1.22 bits per heavy atom. The van der Waals surface area contributed by atoms with Crippen LogP contribution in [0.5, 0.6) is 0 Å². The standard InChI is InChI=1S/C17H20N2O4/c1-23-17(22)13-7-5-12(6-8-13)10-18-11-15(20)19-9-3-2-4-14(19)16(18)21/h5-8,14H,2-4,9-11H2,1H3. The predicted molar refractivity (Wildman–Crippen MR) is 82.6 cm³/mol. The molecule has 0 radical (unpaired) electrons. The number of carbonyl (C=O) groups is 3. The molecule has 2 heterocycles. The topological polar surface area (TPSA) is 66.9 Å². The number of ether oxygens (including phenoxy) is 1. The first-order valence-corrected chi connectivity index (χ1v) is 7.85. The number of rotatable bonds is 3. The lowest BCUT2D eigenvalue weighted by molar-refractivity contribution is -0.158. The van der Waals surface area contributed by atoms with Gasteiger partial charge in [-0.3, -0.25) is 9.59 Å². The molecule has 6 nitrogen and oxygen atoms in total. The molecule has 2 aliphatic heterocycles. The number of nitrogens with zero attached hydrogens (tertiary/aromatic N) is 2. The minimum absolute atomic E-state index is 0.0282. The summed E-state index contributed by atoms with van der Waals surface area (Å²) in [4.78, 5) is 39.6. The fourth-order valence-electron chi connectivity index (χ4n) is 3.25. The van der Waals surface area contributed by atoms with E-state index in [0.29, 0.717) is 18.7 Å². The van der Waals surface area contributed by atoms with Crippen molar-refractivity contribution >= 4 is 17.8 Å². The van der Waals surface area contributed by atoms with Crippen LogP contribution in [0.15, 0.2) is 24.3 Å². The average Bonchev–Trinajstić information content (AvgIpc) is 2.59. The lowest BCUT2D eigenvalue weighted by Gasteiger charge is -2.42. The molecule has 2 amide bonds. The number of hydrogen-bond donors (Lipinski definition) is 0. The molecule has 2 saturated heterocycles. The molecule has 2 fully saturated rings. The van der Waals surface area contributed by atoms with Gasteiger partial charge in [0.1, 0.15) is 12.6 Å².